The van der Waals surface area contributed by atoms with Gasteiger partial charge in [-0.15, -0.1) is 0 Å². The molecule has 0 N–H and O–H groups in total. The smallest absolute Gasteiger partial charge is 0.209 e. The van der Waals surface area contributed by atoms with Gasteiger partial charge in [-0.2, -0.15) is 0 Å². The number of amides is 1. The van der Waals surface area contributed by atoms with Crippen LogP contribution in [-0.2, 0) is 15.0 Å². The molecule has 6 nitrogen and oxygen atoms in total. The number of nitrogens with zero attached hydrogens (tertiary/aromatic N) is 4. The molecule has 5 rings (SSSR count). The second kappa shape index (κ2) is 4.61. The first kappa shape index (κ1) is 14.5. The van der Waals surface area contributed by atoms with Gasteiger partial charge >= 0.3 is 0 Å². The lowest BCUT2D eigenvalue weighted by molar-refractivity contribution is -0.117. The van der Waals surface area contributed by atoms with Crippen LogP contribution in [-0.4, -0.2) is 45.3 Å². The number of piperidine rings is 1. The van der Waals surface area contributed by atoms with Gasteiger partial charge in [0.1, 0.15) is 5.60 Å². The molecule has 1 saturated heterocycles. The summed E-state index contributed by atoms with van der Waals surface area (Å²) in [5.74, 6) is 0.809. The van der Waals surface area contributed by atoms with Crippen LogP contribution in [0.5, 0.6) is 0 Å². The maximum atomic E-state index is 11.3. The summed E-state index contributed by atoms with van der Waals surface area (Å²) in [5, 5.41) is 4.40. The highest BCUT2D eigenvalue weighted by Gasteiger charge is 2.73. The molecule has 0 unspecified atom stereocenters. The Morgan fingerprint density at radius 3 is 2.83 bits per heavy atom. The van der Waals surface area contributed by atoms with E-state index < -0.39 is 0 Å². The molecule has 0 radical (unpaired) electrons. The minimum absolute atomic E-state index is 0.0431. The lowest BCUT2D eigenvalue weighted by Crippen LogP contribution is -2.31. The molecule has 2 aliphatic heterocycles. The van der Waals surface area contributed by atoms with Crippen molar-refractivity contribution in [3.05, 3.63) is 18.2 Å². The Bertz CT molecular complexity index is 720. The van der Waals surface area contributed by atoms with Crippen molar-refractivity contribution in [1.82, 2.24) is 14.5 Å². The fourth-order valence-electron chi connectivity index (χ4n) is 5.01. The van der Waals surface area contributed by atoms with Crippen molar-refractivity contribution in [3.63, 3.8) is 0 Å². The number of imidazole rings is 1. The lowest BCUT2D eigenvalue weighted by atomic mass is 9.92. The van der Waals surface area contributed by atoms with Crippen molar-refractivity contribution in [1.29, 1.82) is 0 Å². The van der Waals surface area contributed by atoms with Crippen LogP contribution in [0.15, 0.2) is 17.7 Å². The van der Waals surface area contributed by atoms with Gasteiger partial charge in [-0.25, -0.2) is 4.98 Å². The van der Waals surface area contributed by atoms with E-state index in [0.29, 0.717) is 17.9 Å². The van der Waals surface area contributed by atoms with Gasteiger partial charge in [0.25, 0.3) is 0 Å². The first-order valence-electron chi connectivity index (χ1n) is 9.02. The van der Waals surface area contributed by atoms with E-state index in [0.717, 1.165) is 37.3 Å². The largest absolute Gasteiger partial charge is 0.389 e. The van der Waals surface area contributed by atoms with E-state index in [-0.39, 0.29) is 11.0 Å². The highest BCUT2D eigenvalue weighted by Crippen LogP contribution is 2.65. The average molecular weight is 328 g/mol. The first-order chi connectivity index (χ1) is 11.5. The molecule has 6 heteroatoms. The highest BCUT2D eigenvalue weighted by molar-refractivity contribution is 5.94. The normalized spacial score (nSPS) is 36.8. The number of fused-ring (bicyclic) bond motifs is 1. The van der Waals surface area contributed by atoms with Gasteiger partial charge in [0.2, 0.25) is 6.41 Å². The van der Waals surface area contributed by atoms with Crippen LogP contribution in [0, 0.1) is 11.8 Å². The monoisotopic (exact) mass is 328 g/mol. The molecular weight excluding hydrogens is 304 g/mol. The van der Waals surface area contributed by atoms with Crippen molar-refractivity contribution in [3.8, 4) is 0 Å². The highest BCUT2D eigenvalue weighted by atomic mass is 16.7. The van der Waals surface area contributed by atoms with Gasteiger partial charge in [-0.1, -0.05) is 5.16 Å². The number of hydrogen-bond donors (Lipinski definition) is 0. The van der Waals surface area contributed by atoms with Crippen LogP contribution < -0.4 is 0 Å². The van der Waals surface area contributed by atoms with Gasteiger partial charge < -0.3 is 14.3 Å². The Hall–Kier alpha value is -1.85. The van der Waals surface area contributed by atoms with Crippen LogP contribution in [0.2, 0.25) is 0 Å². The predicted molar refractivity (Wildman–Crippen MR) is 88.6 cm³/mol. The zero-order chi connectivity index (χ0) is 16.5. The second-order valence-electron chi connectivity index (χ2n) is 8.56. The van der Waals surface area contributed by atoms with Crippen molar-refractivity contribution < 1.29 is 9.63 Å². The van der Waals surface area contributed by atoms with Crippen molar-refractivity contribution in [2.45, 2.75) is 56.6 Å². The average Bonchev–Trinajstić information content (AvgIpc) is 2.95. The molecule has 4 aliphatic rings. The third kappa shape index (κ3) is 1.85. The van der Waals surface area contributed by atoms with Crippen LogP contribution in [0.25, 0.3) is 0 Å². The van der Waals surface area contributed by atoms with Crippen LogP contribution in [0.1, 0.15) is 51.3 Å². The van der Waals surface area contributed by atoms with E-state index in [1.165, 1.54) is 19.3 Å². The number of aromatic nitrogens is 2. The van der Waals surface area contributed by atoms with Crippen molar-refractivity contribution in [2.24, 2.45) is 17.0 Å². The maximum Gasteiger partial charge on any atom is 0.209 e. The topological polar surface area (TPSA) is 59.7 Å². The summed E-state index contributed by atoms with van der Waals surface area (Å²) in [6, 6.07) is 0.618. The Balaban J connectivity index is 1.46. The van der Waals surface area contributed by atoms with E-state index in [1.807, 2.05) is 11.2 Å². The third-order valence-corrected chi connectivity index (χ3v) is 6.51. The summed E-state index contributed by atoms with van der Waals surface area (Å²) < 4.78 is 2.28. The second-order valence-corrected chi connectivity index (χ2v) is 8.56. The fraction of sp³-hybridized carbons (Fsp3) is 0.722. The van der Waals surface area contributed by atoms with E-state index in [2.05, 4.69) is 29.8 Å². The zero-order valence-corrected chi connectivity index (χ0v) is 14.3. The number of oxime groups is 1. The molecule has 0 spiro atoms. The van der Waals surface area contributed by atoms with E-state index in [4.69, 9.17) is 9.82 Å². The van der Waals surface area contributed by atoms with Crippen LogP contribution in [0.4, 0.5) is 0 Å². The SMILES string of the molecule is CC1(C)CC([C@@H]2[C@H]3CN(C=O)C[C@]32c2cn(C3CCC3)cn2)=NO1. The number of hydrogen-bond acceptors (Lipinski definition) is 4. The quantitative estimate of drug-likeness (QED) is 0.796. The molecule has 2 aliphatic carbocycles. The first-order valence-corrected chi connectivity index (χ1v) is 9.02. The van der Waals surface area contributed by atoms with Crippen LogP contribution in [0.3, 0.4) is 0 Å². The molecule has 1 aromatic rings. The Labute approximate surface area is 141 Å². The molecular formula is C18H24N4O2. The molecule has 2 saturated carbocycles. The molecule has 0 aromatic carbocycles. The van der Waals surface area contributed by atoms with Gasteiger partial charge in [0.05, 0.1) is 17.7 Å². The molecule has 3 fully saturated rings. The number of likely N-dealkylation sites (tertiary alicyclic amines) is 1. The minimum Gasteiger partial charge on any atom is -0.389 e. The third-order valence-electron chi connectivity index (χ3n) is 6.51. The van der Waals surface area contributed by atoms with E-state index in [9.17, 15) is 4.79 Å². The standard InChI is InChI=1S/C18H24N4O2/c1-17(2)6-14(20-24-17)16-13-7-21(11-23)9-18(13,16)15-8-22(10-19-15)12-4-3-5-12/h8,10-13,16H,3-7,9H2,1-2H3/t13-,16+,18-/m1/s1. The summed E-state index contributed by atoms with van der Waals surface area (Å²) in [5.41, 5.74) is 2.05. The van der Waals surface area contributed by atoms with Gasteiger partial charge in [0.15, 0.2) is 0 Å². The maximum absolute atomic E-state index is 11.3. The molecule has 3 atom stereocenters. The van der Waals surface area contributed by atoms with Crippen LogP contribution >= 0.6 is 0 Å². The molecule has 0 bridgehead atoms. The molecule has 1 amide bonds. The Morgan fingerprint density at radius 2 is 2.21 bits per heavy atom. The number of carbonyl (C=O) groups excluding carboxylic acids is 1. The minimum atomic E-state index is -0.205. The van der Waals surface area contributed by atoms with Crippen molar-refractivity contribution >= 4 is 12.1 Å². The molecule has 1 aromatic heterocycles. The summed E-state index contributed by atoms with van der Waals surface area (Å²) in [6.45, 7) is 5.73. The Morgan fingerprint density at radius 1 is 1.38 bits per heavy atom. The fourth-order valence-corrected chi connectivity index (χ4v) is 5.01. The summed E-state index contributed by atoms with van der Waals surface area (Å²) in [6.07, 6.45) is 9.89. The molecule has 128 valence electrons. The zero-order valence-electron chi connectivity index (χ0n) is 14.3. The summed E-state index contributed by atoms with van der Waals surface area (Å²) in [7, 11) is 0. The summed E-state index contributed by atoms with van der Waals surface area (Å²) >= 11 is 0. The number of rotatable bonds is 4. The molecule has 3 heterocycles. The predicted octanol–water partition coefficient (Wildman–Crippen LogP) is 2.12. The summed E-state index contributed by atoms with van der Waals surface area (Å²) in [4.78, 5) is 23.6. The van der Waals surface area contributed by atoms with Gasteiger partial charge in [-0.05, 0) is 39.0 Å². The Kier molecular flexibility index (Phi) is 2.78. The molecule has 24 heavy (non-hydrogen) atoms. The lowest BCUT2D eigenvalue weighted by Gasteiger charge is -2.26. The van der Waals surface area contributed by atoms with E-state index in [1.54, 1.807) is 0 Å². The van der Waals surface area contributed by atoms with Gasteiger partial charge in [0, 0.05) is 43.1 Å². The van der Waals surface area contributed by atoms with E-state index >= 15 is 0 Å². The number of carbonyl (C=O) groups is 1. The van der Waals surface area contributed by atoms with Gasteiger partial charge in [-0.3, -0.25) is 4.79 Å². The van der Waals surface area contributed by atoms with Crippen molar-refractivity contribution in [2.75, 3.05) is 13.1 Å².